The van der Waals surface area contributed by atoms with Gasteiger partial charge in [0.2, 0.25) is 5.06 Å². The van der Waals surface area contributed by atoms with Gasteiger partial charge in [-0.3, -0.25) is 24.0 Å². The molecule has 0 spiro atoms. The Kier molecular flexibility index (Phi) is 10.7. The van der Waals surface area contributed by atoms with Crippen LogP contribution >= 0.6 is 11.6 Å². The quantitative estimate of drug-likeness (QED) is 0.234. The van der Waals surface area contributed by atoms with E-state index < -0.39 is 84.4 Å². The molecule has 0 amide bonds. The second kappa shape index (κ2) is 12.5. The number of ether oxygens (including phenoxy) is 7. The molecule has 0 unspecified atom stereocenters. The van der Waals surface area contributed by atoms with E-state index in [-0.39, 0.29) is 0 Å². The van der Waals surface area contributed by atoms with E-state index in [1.165, 1.54) is 0 Å². The Morgan fingerprint density at radius 1 is 0.882 bits per heavy atom. The number of carbonyl (C=O) groups excluding carboxylic acids is 6. The van der Waals surface area contributed by atoms with Gasteiger partial charge in [0.05, 0.1) is 7.11 Å². The summed E-state index contributed by atoms with van der Waals surface area (Å²) in [6.07, 6.45) is -8.17. The minimum Gasteiger partial charge on any atom is -0.466 e. The third-order valence-corrected chi connectivity index (χ3v) is 4.74. The highest BCUT2D eigenvalue weighted by Gasteiger charge is 2.58. The molecule has 13 nitrogen and oxygen atoms in total. The molecule has 14 heteroatoms. The molecule has 0 aromatic rings. The maximum atomic E-state index is 12.4. The van der Waals surface area contributed by atoms with Crippen LogP contribution in [0.3, 0.4) is 0 Å². The van der Waals surface area contributed by atoms with Crippen molar-refractivity contribution in [1.29, 1.82) is 0 Å². The zero-order valence-corrected chi connectivity index (χ0v) is 20.2. The molecule has 1 saturated heterocycles. The number of esters is 6. The van der Waals surface area contributed by atoms with E-state index in [9.17, 15) is 28.8 Å². The second-order valence-electron chi connectivity index (χ2n) is 7.25. The van der Waals surface area contributed by atoms with Gasteiger partial charge in [0, 0.05) is 41.0 Å². The van der Waals surface area contributed by atoms with Crippen LogP contribution in [-0.2, 0) is 61.9 Å². The van der Waals surface area contributed by atoms with Crippen molar-refractivity contribution in [2.24, 2.45) is 0 Å². The van der Waals surface area contributed by atoms with Crippen LogP contribution in [0, 0.1) is 0 Å². The van der Waals surface area contributed by atoms with Crippen molar-refractivity contribution in [3.05, 3.63) is 0 Å². The van der Waals surface area contributed by atoms with E-state index in [0.717, 1.165) is 41.7 Å². The first kappa shape index (κ1) is 29.1. The minimum atomic E-state index is -2.28. The lowest BCUT2D eigenvalue weighted by molar-refractivity contribution is -0.251. The number of halogens is 1. The van der Waals surface area contributed by atoms with Gasteiger partial charge in [-0.05, 0) is 0 Å². The van der Waals surface area contributed by atoms with E-state index in [0.29, 0.717) is 0 Å². The van der Waals surface area contributed by atoms with Crippen molar-refractivity contribution in [3.8, 4) is 0 Å². The highest BCUT2D eigenvalue weighted by molar-refractivity contribution is 6.32. The third kappa shape index (κ3) is 8.45. The summed E-state index contributed by atoms with van der Waals surface area (Å²) in [5, 5.41) is -2.28. The smallest absolute Gasteiger partial charge is 0.354 e. The average molecular weight is 511 g/mol. The van der Waals surface area contributed by atoms with Crippen molar-refractivity contribution < 1.29 is 61.9 Å². The van der Waals surface area contributed by atoms with Crippen LogP contribution < -0.4 is 0 Å². The van der Waals surface area contributed by atoms with Crippen LogP contribution in [0.5, 0.6) is 0 Å². The first-order valence-electron chi connectivity index (χ1n) is 9.97. The number of hydrogen-bond acceptors (Lipinski definition) is 13. The lowest BCUT2D eigenvalue weighted by atomic mass is 9.91. The molecule has 0 aromatic heterocycles. The van der Waals surface area contributed by atoms with Crippen molar-refractivity contribution >= 4 is 47.4 Å². The summed E-state index contributed by atoms with van der Waals surface area (Å²) >= 11 is 6.36. The van der Waals surface area contributed by atoms with Crippen LogP contribution in [0.25, 0.3) is 0 Å². The van der Waals surface area contributed by atoms with E-state index >= 15 is 0 Å². The minimum absolute atomic E-state index is 0.510. The second-order valence-corrected chi connectivity index (χ2v) is 7.86. The fraction of sp³-hybridized carbons (Fsp3) is 0.700. The van der Waals surface area contributed by atoms with Gasteiger partial charge < -0.3 is 33.2 Å². The number of rotatable bonds is 9. The lowest BCUT2D eigenvalue weighted by Crippen LogP contribution is -2.64. The lowest BCUT2D eigenvalue weighted by Gasteiger charge is -2.46. The number of methoxy groups -OCH3 is 1. The van der Waals surface area contributed by atoms with Gasteiger partial charge in [-0.15, -0.1) is 0 Å². The summed E-state index contributed by atoms with van der Waals surface area (Å²) in [6, 6.07) is 0. The largest absolute Gasteiger partial charge is 0.466 e. The Balaban J connectivity index is 3.64. The predicted octanol–water partition coefficient (Wildman–Crippen LogP) is 0.173. The van der Waals surface area contributed by atoms with Crippen molar-refractivity contribution in [2.75, 3.05) is 13.7 Å². The summed E-state index contributed by atoms with van der Waals surface area (Å²) in [5.74, 6) is -5.26. The Morgan fingerprint density at radius 2 is 1.44 bits per heavy atom. The van der Waals surface area contributed by atoms with E-state index in [1.807, 2.05) is 0 Å². The van der Waals surface area contributed by atoms with Gasteiger partial charge in [-0.25, -0.2) is 4.79 Å². The molecule has 0 aromatic carbocycles. The molecule has 1 aliphatic rings. The highest BCUT2D eigenvalue weighted by atomic mass is 35.5. The van der Waals surface area contributed by atoms with Gasteiger partial charge >= 0.3 is 35.8 Å². The van der Waals surface area contributed by atoms with Crippen LogP contribution in [-0.4, -0.2) is 85.1 Å². The van der Waals surface area contributed by atoms with E-state index in [2.05, 4.69) is 4.74 Å². The molecule has 1 fully saturated rings. The molecule has 0 aliphatic carbocycles. The monoisotopic (exact) mass is 510 g/mol. The fourth-order valence-electron chi connectivity index (χ4n) is 3.27. The van der Waals surface area contributed by atoms with Gasteiger partial charge in [-0.1, -0.05) is 11.6 Å². The van der Waals surface area contributed by atoms with E-state index in [1.54, 1.807) is 0 Å². The standard InChI is InChI=1S/C20H27ClO13/c1-9(22)29-8-15(31-11(3)24)17(33-13(5)26)18-16(32-12(4)25)14(30-10(2)23)7-20(21,34-18)19(27)28-6/h14-18H,7-8H2,1-6H3/t14-,15+,16+,17+,18+,20-/m0/s1. The van der Waals surface area contributed by atoms with Crippen LogP contribution in [0.1, 0.15) is 41.0 Å². The molecule has 0 radical (unpaired) electrons. The molecule has 1 aliphatic heterocycles. The van der Waals surface area contributed by atoms with Crippen molar-refractivity contribution in [2.45, 2.75) is 76.6 Å². The maximum Gasteiger partial charge on any atom is 0.354 e. The summed E-state index contributed by atoms with van der Waals surface area (Å²) in [6.45, 7) is 4.65. The molecular formula is C20H27ClO13. The summed E-state index contributed by atoms with van der Waals surface area (Å²) in [7, 11) is 1.02. The number of carbonyl (C=O) groups is 6. The molecule has 6 atom stereocenters. The third-order valence-electron chi connectivity index (χ3n) is 4.35. The highest BCUT2D eigenvalue weighted by Crippen LogP contribution is 2.39. The summed E-state index contributed by atoms with van der Waals surface area (Å²) in [5.41, 5.74) is 0. The van der Waals surface area contributed by atoms with Gasteiger partial charge in [0.15, 0.2) is 18.3 Å². The summed E-state index contributed by atoms with van der Waals surface area (Å²) in [4.78, 5) is 71.0. The zero-order valence-electron chi connectivity index (χ0n) is 19.5. The Bertz CT molecular complexity index is 812. The van der Waals surface area contributed by atoms with Gasteiger partial charge in [0.25, 0.3) is 0 Å². The normalized spacial score (nSPS) is 25.7. The Labute approximate surface area is 200 Å². The molecule has 0 saturated carbocycles. The maximum absolute atomic E-state index is 12.4. The molecule has 1 rings (SSSR count). The predicted molar refractivity (Wildman–Crippen MR) is 109 cm³/mol. The Morgan fingerprint density at radius 3 is 1.88 bits per heavy atom. The Hall–Kier alpha value is -2.93. The number of alkyl halides is 1. The van der Waals surface area contributed by atoms with Crippen LogP contribution in [0.2, 0.25) is 0 Å². The van der Waals surface area contributed by atoms with Crippen LogP contribution in [0.15, 0.2) is 0 Å². The molecule has 0 N–H and O–H groups in total. The molecule has 0 bridgehead atoms. The molecule has 1 heterocycles. The van der Waals surface area contributed by atoms with Crippen molar-refractivity contribution in [3.63, 3.8) is 0 Å². The first-order chi connectivity index (χ1) is 15.7. The molecule has 34 heavy (non-hydrogen) atoms. The molecule has 192 valence electrons. The zero-order chi connectivity index (χ0) is 26.2. The fourth-order valence-corrected chi connectivity index (χ4v) is 3.60. The first-order valence-corrected chi connectivity index (χ1v) is 10.3. The van der Waals surface area contributed by atoms with Gasteiger partial charge in [0.1, 0.15) is 18.8 Å². The molecular weight excluding hydrogens is 484 g/mol. The van der Waals surface area contributed by atoms with Gasteiger partial charge in [-0.2, -0.15) is 0 Å². The van der Waals surface area contributed by atoms with Crippen LogP contribution in [0.4, 0.5) is 0 Å². The number of hydrogen-bond donors (Lipinski definition) is 0. The van der Waals surface area contributed by atoms with Crippen molar-refractivity contribution in [1.82, 2.24) is 0 Å². The van der Waals surface area contributed by atoms with E-state index in [4.69, 9.17) is 40.0 Å². The average Bonchev–Trinajstić information content (AvgIpc) is 2.69. The summed E-state index contributed by atoms with van der Waals surface area (Å²) < 4.78 is 36.2. The SMILES string of the molecule is COC(=O)[C@]1(Cl)C[C@H](OC(C)=O)[C@@H](OC(C)=O)[C@H]([C@H](OC(C)=O)[C@@H](COC(C)=O)OC(C)=O)O1. The topological polar surface area (TPSA) is 167 Å².